The number of benzene rings is 3. The van der Waals surface area contributed by atoms with Gasteiger partial charge in [0.2, 0.25) is 10.0 Å². The summed E-state index contributed by atoms with van der Waals surface area (Å²) in [5, 5.41) is 0. The first-order valence-electron chi connectivity index (χ1n) is 8.52. The van der Waals surface area contributed by atoms with Crippen LogP contribution in [0.3, 0.4) is 0 Å². The first-order chi connectivity index (χ1) is 13.7. The molecule has 1 N–H and O–H groups in total. The summed E-state index contributed by atoms with van der Waals surface area (Å²) in [7, 11) is -3.95. The minimum atomic E-state index is -3.95. The highest BCUT2D eigenvalue weighted by Gasteiger charge is 2.20. The third-order valence-corrected chi connectivity index (χ3v) is 5.64. The highest BCUT2D eigenvalue weighted by molar-refractivity contribution is 7.89. The van der Waals surface area contributed by atoms with Crippen LogP contribution in [0.5, 0.6) is 0 Å². The lowest BCUT2D eigenvalue weighted by atomic mass is 9.97. The number of rotatable bonds is 6. The predicted octanol–water partition coefficient (Wildman–Crippen LogP) is 4.24. The van der Waals surface area contributed by atoms with Crippen LogP contribution in [0, 0.1) is 24.4 Å². The van der Waals surface area contributed by atoms with Gasteiger partial charge in [-0.25, -0.2) is 26.3 Å². The molecule has 0 radical (unpaired) electrons. The Morgan fingerprint density at radius 3 is 2.10 bits per heavy atom. The van der Waals surface area contributed by atoms with Crippen LogP contribution in [0.4, 0.5) is 13.2 Å². The molecule has 0 bridgehead atoms. The Balaban J connectivity index is 1.90. The molecule has 150 valence electrons. The average molecular weight is 419 g/mol. The number of halogens is 3. The number of aryl methyl sites for hydroxylation is 1. The van der Waals surface area contributed by atoms with Crippen LogP contribution < -0.4 is 4.72 Å². The predicted molar refractivity (Wildman–Crippen MR) is 102 cm³/mol. The zero-order chi connectivity index (χ0) is 21.2. The molecule has 0 atom stereocenters. The molecule has 3 aromatic carbocycles. The molecule has 0 saturated carbocycles. The molecule has 0 amide bonds. The van der Waals surface area contributed by atoms with Crippen molar-refractivity contribution in [2.24, 2.45) is 0 Å². The molecule has 0 aliphatic heterocycles. The molecule has 0 aliphatic carbocycles. The fourth-order valence-electron chi connectivity index (χ4n) is 2.80. The van der Waals surface area contributed by atoms with Crippen molar-refractivity contribution >= 4 is 15.8 Å². The molecule has 4 nitrogen and oxygen atoms in total. The van der Waals surface area contributed by atoms with E-state index in [1.165, 1.54) is 37.3 Å². The van der Waals surface area contributed by atoms with E-state index in [1.807, 2.05) is 0 Å². The van der Waals surface area contributed by atoms with E-state index in [-0.39, 0.29) is 27.1 Å². The molecule has 29 heavy (non-hydrogen) atoms. The minimum Gasteiger partial charge on any atom is -0.293 e. The van der Waals surface area contributed by atoms with E-state index < -0.39 is 39.8 Å². The summed E-state index contributed by atoms with van der Waals surface area (Å²) in [6.07, 6.45) is 0. The van der Waals surface area contributed by atoms with Gasteiger partial charge in [0.1, 0.15) is 17.5 Å². The van der Waals surface area contributed by atoms with E-state index in [0.717, 1.165) is 18.2 Å². The van der Waals surface area contributed by atoms with Crippen LogP contribution in [0.15, 0.2) is 65.6 Å². The van der Waals surface area contributed by atoms with Crippen LogP contribution in [0.2, 0.25) is 0 Å². The maximum atomic E-state index is 14.5. The van der Waals surface area contributed by atoms with Crippen molar-refractivity contribution in [1.29, 1.82) is 0 Å². The summed E-state index contributed by atoms with van der Waals surface area (Å²) in [5.74, 6) is -3.27. The zero-order valence-corrected chi connectivity index (χ0v) is 16.1. The first kappa shape index (κ1) is 20.8. The average Bonchev–Trinajstić information content (AvgIpc) is 2.68. The molecule has 3 rings (SSSR count). The van der Waals surface area contributed by atoms with E-state index in [4.69, 9.17) is 0 Å². The normalized spacial score (nSPS) is 11.4. The Bertz CT molecular complexity index is 1160. The van der Waals surface area contributed by atoms with Crippen molar-refractivity contribution in [3.63, 3.8) is 0 Å². The molecule has 0 aliphatic rings. The van der Waals surface area contributed by atoms with Gasteiger partial charge in [-0.15, -0.1) is 0 Å². The smallest absolute Gasteiger partial charge is 0.240 e. The third-order valence-electron chi connectivity index (χ3n) is 4.23. The second-order valence-corrected chi connectivity index (χ2v) is 8.14. The maximum Gasteiger partial charge on any atom is 0.240 e. The lowest BCUT2D eigenvalue weighted by molar-refractivity contribution is 0.0993. The summed E-state index contributed by atoms with van der Waals surface area (Å²) in [4.78, 5) is 12.5. The van der Waals surface area contributed by atoms with Crippen molar-refractivity contribution in [3.8, 4) is 11.1 Å². The van der Waals surface area contributed by atoms with Gasteiger partial charge in [-0.2, -0.15) is 0 Å². The van der Waals surface area contributed by atoms with Gasteiger partial charge in [-0.1, -0.05) is 18.2 Å². The van der Waals surface area contributed by atoms with Crippen LogP contribution in [-0.2, 0) is 10.0 Å². The van der Waals surface area contributed by atoms with E-state index in [0.29, 0.717) is 6.07 Å². The molecule has 0 fully saturated rings. The van der Waals surface area contributed by atoms with Crippen molar-refractivity contribution < 1.29 is 26.4 Å². The van der Waals surface area contributed by atoms with Crippen molar-refractivity contribution in [1.82, 2.24) is 4.72 Å². The summed E-state index contributed by atoms with van der Waals surface area (Å²) < 4.78 is 68.1. The van der Waals surface area contributed by atoms with Gasteiger partial charge < -0.3 is 0 Å². The first-order valence-corrected chi connectivity index (χ1v) is 10.0. The molecular formula is C21H16F3NO3S. The number of hydrogen-bond acceptors (Lipinski definition) is 3. The monoisotopic (exact) mass is 419 g/mol. The number of nitrogens with one attached hydrogen (secondary N) is 1. The van der Waals surface area contributed by atoms with Crippen LogP contribution in [0.1, 0.15) is 15.9 Å². The number of carbonyl (C=O) groups excluding carboxylic acids is 1. The Morgan fingerprint density at radius 1 is 0.897 bits per heavy atom. The third kappa shape index (κ3) is 4.72. The molecule has 0 unspecified atom stereocenters. The Labute approximate surface area is 166 Å². The van der Waals surface area contributed by atoms with E-state index in [1.54, 1.807) is 6.07 Å². The largest absolute Gasteiger partial charge is 0.293 e. The number of Topliss-reactive ketones (excluding diaryl/α,β-unsaturated/α-hetero) is 1. The van der Waals surface area contributed by atoms with Crippen molar-refractivity contribution in [2.45, 2.75) is 11.8 Å². The van der Waals surface area contributed by atoms with Gasteiger partial charge in [0.25, 0.3) is 0 Å². The molecule has 8 heteroatoms. The number of ketones is 1. The summed E-state index contributed by atoms with van der Waals surface area (Å²) in [6.45, 7) is 0.730. The van der Waals surface area contributed by atoms with E-state index in [9.17, 15) is 26.4 Å². The fourth-order valence-corrected chi connectivity index (χ4v) is 3.80. The quantitative estimate of drug-likeness (QED) is 0.608. The van der Waals surface area contributed by atoms with Gasteiger partial charge in [-0.3, -0.25) is 4.79 Å². The van der Waals surface area contributed by atoms with Crippen LogP contribution >= 0.6 is 0 Å². The second-order valence-electron chi connectivity index (χ2n) is 6.37. The highest BCUT2D eigenvalue weighted by Crippen LogP contribution is 2.26. The summed E-state index contributed by atoms with van der Waals surface area (Å²) in [5.41, 5.74) is 0.0722. The maximum absolute atomic E-state index is 14.5. The fraction of sp³-hybridized carbons (Fsp3) is 0.0952. The van der Waals surface area contributed by atoms with Crippen LogP contribution in [0.25, 0.3) is 11.1 Å². The zero-order valence-electron chi connectivity index (χ0n) is 15.2. The molecular weight excluding hydrogens is 403 g/mol. The van der Waals surface area contributed by atoms with E-state index in [2.05, 4.69) is 4.72 Å². The standard InChI is InChI=1S/C21H16F3NO3S/c1-13-7-14(15-8-16(22)11-17(23)9-15)10-19(21(13)24)20(26)12-25-29(27,28)18-5-3-2-4-6-18/h2-11,25H,12H2,1H3. The summed E-state index contributed by atoms with van der Waals surface area (Å²) >= 11 is 0. The van der Waals surface area contributed by atoms with Gasteiger partial charge in [0.15, 0.2) is 5.78 Å². The van der Waals surface area contributed by atoms with Gasteiger partial charge >= 0.3 is 0 Å². The van der Waals surface area contributed by atoms with Crippen LogP contribution in [-0.4, -0.2) is 20.7 Å². The minimum absolute atomic E-state index is 0.0339. The second kappa shape index (κ2) is 8.18. The van der Waals surface area contributed by atoms with Crippen molar-refractivity contribution in [2.75, 3.05) is 6.54 Å². The van der Waals surface area contributed by atoms with Crippen molar-refractivity contribution in [3.05, 3.63) is 89.2 Å². The lowest BCUT2D eigenvalue weighted by Gasteiger charge is -2.11. The molecule has 0 spiro atoms. The molecule has 0 saturated heterocycles. The number of hydrogen-bond donors (Lipinski definition) is 1. The Kier molecular flexibility index (Phi) is 5.86. The molecule has 0 heterocycles. The lowest BCUT2D eigenvalue weighted by Crippen LogP contribution is -2.30. The molecule has 0 aromatic heterocycles. The van der Waals surface area contributed by atoms with E-state index >= 15 is 0 Å². The Hall–Kier alpha value is -2.97. The van der Waals surface area contributed by atoms with Gasteiger partial charge in [0.05, 0.1) is 17.0 Å². The topological polar surface area (TPSA) is 63.2 Å². The highest BCUT2D eigenvalue weighted by atomic mass is 32.2. The SMILES string of the molecule is Cc1cc(-c2cc(F)cc(F)c2)cc(C(=O)CNS(=O)(=O)c2ccccc2)c1F. The van der Waals surface area contributed by atoms with Gasteiger partial charge in [-0.05, 0) is 60.0 Å². The number of sulfonamides is 1. The number of carbonyl (C=O) groups is 1. The Morgan fingerprint density at radius 2 is 1.48 bits per heavy atom. The summed E-state index contributed by atoms with van der Waals surface area (Å²) in [6, 6.07) is 12.7. The molecule has 3 aromatic rings. The van der Waals surface area contributed by atoms with Gasteiger partial charge in [0, 0.05) is 6.07 Å².